The molecule has 3 rings (SSSR count). The largest absolute Gasteiger partial charge is 0.384 e. The Hall–Kier alpha value is -3.06. The normalized spacial score (nSPS) is 11.8. The Bertz CT molecular complexity index is 1060. The predicted octanol–water partition coefficient (Wildman–Crippen LogP) is 3.95. The highest BCUT2D eigenvalue weighted by atomic mass is 32.2. The van der Waals surface area contributed by atoms with Gasteiger partial charge in [-0.25, -0.2) is 22.2 Å². The summed E-state index contributed by atoms with van der Waals surface area (Å²) < 4.78 is 51.6. The minimum Gasteiger partial charge on any atom is -0.384 e. The first-order valence-electron chi connectivity index (χ1n) is 7.56. The third-order valence-electron chi connectivity index (χ3n) is 3.68. The maximum atomic E-state index is 13.6. The smallest absolute Gasteiger partial charge is 0.208 e. The summed E-state index contributed by atoms with van der Waals surface area (Å²) in [5.74, 6) is -1.08. The Labute approximate surface area is 149 Å². The van der Waals surface area contributed by atoms with Crippen LogP contribution >= 0.6 is 0 Å². The lowest BCUT2D eigenvalue weighted by Gasteiger charge is -2.05. The van der Waals surface area contributed by atoms with Crippen molar-refractivity contribution in [3.63, 3.8) is 0 Å². The molecule has 3 aromatic rings. The molecule has 0 aliphatic carbocycles. The summed E-state index contributed by atoms with van der Waals surface area (Å²) in [4.78, 5) is 3.94. The van der Waals surface area contributed by atoms with E-state index < -0.39 is 21.5 Å². The molecule has 26 heavy (non-hydrogen) atoms. The summed E-state index contributed by atoms with van der Waals surface area (Å²) in [7, 11) is -3.69. The second-order valence-corrected chi connectivity index (χ2v) is 7.44. The lowest BCUT2D eigenvalue weighted by molar-refractivity contribution is 0.581. The highest BCUT2D eigenvalue weighted by Crippen LogP contribution is 2.22. The van der Waals surface area contributed by atoms with Crippen LogP contribution in [0.5, 0.6) is 0 Å². The lowest BCUT2D eigenvalue weighted by Crippen LogP contribution is -2.03. The number of hydrogen-bond acceptors (Lipinski definition) is 4. The molecule has 4 nitrogen and oxygen atoms in total. The number of aromatic nitrogens is 1. The van der Waals surface area contributed by atoms with Crippen molar-refractivity contribution >= 4 is 27.8 Å². The number of nitrogens with two attached hydrogens (primary N) is 1. The van der Waals surface area contributed by atoms with Crippen molar-refractivity contribution in [2.24, 2.45) is 0 Å². The van der Waals surface area contributed by atoms with E-state index in [1.807, 2.05) is 0 Å². The highest BCUT2D eigenvalue weighted by molar-refractivity contribution is 7.91. The van der Waals surface area contributed by atoms with E-state index in [0.29, 0.717) is 5.56 Å². The summed E-state index contributed by atoms with van der Waals surface area (Å²) in [5.41, 5.74) is 6.37. The van der Waals surface area contributed by atoms with E-state index in [0.717, 1.165) is 6.07 Å². The van der Waals surface area contributed by atoms with Crippen molar-refractivity contribution in [2.75, 3.05) is 5.73 Å². The van der Waals surface area contributed by atoms with Gasteiger partial charge in [-0.1, -0.05) is 24.3 Å². The van der Waals surface area contributed by atoms with E-state index in [1.54, 1.807) is 18.2 Å². The van der Waals surface area contributed by atoms with Gasteiger partial charge >= 0.3 is 0 Å². The number of halogens is 2. The number of anilines is 1. The maximum absolute atomic E-state index is 13.6. The van der Waals surface area contributed by atoms with Crippen LogP contribution in [0, 0.1) is 11.6 Å². The van der Waals surface area contributed by atoms with Crippen LogP contribution in [0.2, 0.25) is 0 Å². The molecule has 0 radical (unpaired) electrons. The molecule has 1 heterocycles. The number of hydrogen-bond donors (Lipinski definition) is 1. The third kappa shape index (κ3) is 3.78. The van der Waals surface area contributed by atoms with E-state index in [9.17, 15) is 17.2 Å². The van der Waals surface area contributed by atoms with Crippen molar-refractivity contribution in [1.82, 2.24) is 4.98 Å². The Morgan fingerprint density at radius 1 is 0.885 bits per heavy atom. The SMILES string of the molecule is Nc1ccc(S(=O)(=O)c2ccc(/C=C/c3ccc(F)cc3F)cc2)cn1. The Morgan fingerprint density at radius 2 is 1.58 bits per heavy atom. The van der Waals surface area contributed by atoms with Gasteiger partial charge in [-0.2, -0.15) is 0 Å². The first kappa shape index (κ1) is 17.8. The Morgan fingerprint density at radius 3 is 2.19 bits per heavy atom. The van der Waals surface area contributed by atoms with E-state index in [4.69, 9.17) is 5.73 Å². The zero-order valence-electron chi connectivity index (χ0n) is 13.4. The fourth-order valence-electron chi connectivity index (χ4n) is 2.27. The maximum Gasteiger partial charge on any atom is 0.208 e. The highest BCUT2D eigenvalue weighted by Gasteiger charge is 2.17. The lowest BCUT2D eigenvalue weighted by atomic mass is 10.1. The predicted molar refractivity (Wildman–Crippen MR) is 95.8 cm³/mol. The van der Waals surface area contributed by atoms with Crippen LogP contribution in [-0.2, 0) is 9.84 Å². The van der Waals surface area contributed by atoms with E-state index in [2.05, 4.69) is 4.98 Å². The Balaban J connectivity index is 1.84. The molecular weight excluding hydrogens is 358 g/mol. The van der Waals surface area contributed by atoms with Gasteiger partial charge in [0.15, 0.2) is 0 Å². The first-order valence-corrected chi connectivity index (χ1v) is 9.04. The molecule has 2 aromatic carbocycles. The molecule has 132 valence electrons. The average Bonchev–Trinajstić information content (AvgIpc) is 2.62. The molecule has 0 bridgehead atoms. The number of nitrogen functional groups attached to an aromatic ring is 1. The Kier molecular flexibility index (Phi) is 4.81. The van der Waals surface area contributed by atoms with Crippen molar-refractivity contribution in [1.29, 1.82) is 0 Å². The molecule has 0 aliphatic rings. The first-order chi connectivity index (χ1) is 12.4. The monoisotopic (exact) mass is 372 g/mol. The fourth-order valence-corrected chi connectivity index (χ4v) is 3.47. The minimum atomic E-state index is -3.69. The molecule has 0 aliphatic heterocycles. The van der Waals surface area contributed by atoms with Gasteiger partial charge in [0.05, 0.1) is 9.79 Å². The molecule has 7 heteroatoms. The quantitative estimate of drug-likeness (QED) is 0.704. The van der Waals surface area contributed by atoms with Crippen LogP contribution in [0.25, 0.3) is 12.2 Å². The summed E-state index contributed by atoms with van der Waals surface area (Å²) >= 11 is 0. The molecule has 0 saturated heterocycles. The van der Waals surface area contributed by atoms with Crippen molar-refractivity contribution < 1.29 is 17.2 Å². The standard InChI is InChI=1S/C19H14F2N2O2S/c20-15-6-5-14(18(21)11-15)4-1-13-2-7-16(8-3-13)26(24,25)17-9-10-19(22)23-12-17/h1-12H,(H2,22,23)/b4-1+. The van der Waals surface area contributed by atoms with Gasteiger partial charge in [0.25, 0.3) is 0 Å². The number of benzene rings is 2. The van der Waals surface area contributed by atoms with Crippen LogP contribution in [0.15, 0.2) is 70.6 Å². The van der Waals surface area contributed by atoms with Crippen LogP contribution in [-0.4, -0.2) is 13.4 Å². The molecule has 0 atom stereocenters. The van der Waals surface area contributed by atoms with Crippen molar-refractivity contribution in [3.05, 3.63) is 83.6 Å². The van der Waals surface area contributed by atoms with Crippen molar-refractivity contribution in [2.45, 2.75) is 9.79 Å². The van der Waals surface area contributed by atoms with E-state index in [-0.39, 0.29) is 21.2 Å². The third-order valence-corrected chi connectivity index (χ3v) is 5.43. The minimum absolute atomic E-state index is 0.0448. The van der Waals surface area contributed by atoms with E-state index >= 15 is 0 Å². The zero-order valence-corrected chi connectivity index (χ0v) is 14.2. The summed E-state index contributed by atoms with van der Waals surface area (Å²) in [6.45, 7) is 0. The molecule has 0 fully saturated rings. The molecule has 0 saturated carbocycles. The van der Waals surface area contributed by atoms with Crippen LogP contribution in [0.4, 0.5) is 14.6 Å². The molecule has 0 amide bonds. The summed E-state index contributed by atoms with van der Waals surface area (Å²) in [6.07, 6.45) is 4.30. The molecule has 1 aromatic heterocycles. The summed E-state index contributed by atoms with van der Waals surface area (Å²) in [6, 6.07) is 12.2. The zero-order chi connectivity index (χ0) is 18.7. The van der Waals surface area contributed by atoms with Crippen LogP contribution in [0.1, 0.15) is 11.1 Å². The number of sulfone groups is 1. The molecule has 0 spiro atoms. The van der Waals surface area contributed by atoms with Gasteiger partial charge in [-0.3, -0.25) is 0 Å². The summed E-state index contributed by atoms with van der Waals surface area (Å²) in [5, 5.41) is 0. The molecule has 2 N–H and O–H groups in total. The second kappa shape index (κ2) is 7.05. The van der Waals surface area contributed by atoms with Gasteiger partial charge < -0.3 is 5.73 Å². The van der Waals surface area contributed by atoms with Crippen LogP contribution < -0.4 is 5.73 Å². The van der Waals surface area contributed by atoms with Gasteiger partial charge in [-0.05, 0) is 42.0 Å². The number of pyridine rings is 1. The van der Waals surface area contributed by atoms with Crippen molar-refractivity contribution in [3.8, 4) is 0 Å². The van der Waals surface area contributed by atoms with E-state index in [1.165, 1.54) is 48.7 Å². The number of nitrogens with zero attached hydrogens (tertiary/aromatic N) is 1. The van der Waals surface area contributed by atoms with Gasteiger partial charge in [0, 0.05) is 17.8 Å². The van der Waals surface area contributed by atoms with Gasteiger partial charge in [-0.15, -0.1) is 0 Å². The molecular formula is C19H14F2N2O2S. The molecule has 0 unspecified atom stereocenters. The second-order valence-electron chi connectivity index (χ2n) is 5.49. The fraction of sp³-hybridized carbons (Fsp3) is 0. The van der Waals surface area contributed by atoms with Crippen LogP contribution in [0.3, 0.4) is 0 Å². The van der Waals surface area contributed by atoms with Gasteiger partial charge in [0.1, 0.15) is 17.5 Å². The number of rotatable bonds is 4. The topological polar surface area (TPSA) is 73.1 Å². The average molecular weight is 372 g/mol. The van der Waals surface area contributed by atoms with Gasteiger partial charge in [0.2, 0.25) is 9.84 Å².